The second-order valence-electron chi connectivity index (χ2n) is 8.30. The Morgan fingerprint density at radius 3 is 2.74 bits per heavy atom. The molecule has 1 fully saturated rings. The Labute approximate surface area is 205 Å². The van der Waals surface area contributed by atoms with Crippen molar-refractivity contribution in [3.63, 3.8) is 0 Å². The summed E-state index contributed by atoms with van der Waals surface area (Å²) in [5, 5.41) is 9.86. The van der Waals surface area contributed by atoms with E-state index in [4.69, 9.17) is 21.1 Å². The van der Waals surface area contributed by atoms with Gasteiger partial charge in [-0.2, -0.15) is 0 Å². The molecule has 0 bridgehead atoms. The van der Waals surface area contributed by atoms with E-state index in [9.17, 15) is 14.3 Å². The number of amides is 1. The number of carbonyl (C=O) groups excluding carboxylic acids is 1. The molecule has 2 aromatic heterocycles. The summed E-state index contributed by atoms with van der Waals surface area (Å²) >= 11 is 6.02. The lowest BCUT2D eigenvalue weighted by Gasteiger charge is -2.30. The van der Waals surface area contributed by atoms with Gasteiger partial charge in [-0.15, -0.1) is 0 Å². The number of hydrogen-bond donors (Lipinski definition) is 2. The number of benzene rings is 2. The number of aliphatic hydroxyl groups excluding tert-OH is 1. The van der Waals surface area contributed by atoms with Crippen LogP contribution >= 0.6 is 11.6 Å². The summed E-state index contributed by atoms with van der Waals surface area (Å²) < 4.78 is 26.5. The Bertz CT molecular complexity index is 1410. The molecule has 1 atom stereocenters. The van der Waals surface area contributed by atoms with Crippen LogP contribution in [0.1, 0.15) is 23.7 Å². The summed E-state index contributed by atoms with van der Waals surface area (Å²) in [7, 11) is 0. The van der Waals surface area contributed by atoms with Crippen LogP contribution in [0.3, 0.4) is 0 Å². The van der Waals surface area contributed by atoms with E-state index < -0.39 is 11.9 Å². The first-order valence-electron chi connectivity index (χ1n) is 11.1. The normalized spacial score (nSPS) is 14.0. The number of H-pyrrole nitrogens is 1. The Balaban J connectivity index is 1.47. The van der Waals surface area contributed by atoms with Gasteiger partial charge in [0.25, 0.3) is 5.91 Å². The highest BCUT2D eigenvalue weighted by Gasteiger charge is 2.23. The number of pyridine rings is 1. The van der Waals surface area contributed by atoms with E-state index in [0.29, 0.717) is 46.4 Å². The van der Waals surface area contributed by atoms with Gasteiger partial charge in [0, 0.05) is 36.5 Å². The van der Waals surface area contributed by atoms with Crippen molar-refractivity contribution in [3.8, 4) is 28.6 Å². The van der Waals surface area contributed by atoms with Gasteiger partial charge in [-0.3, -0.25) is 4.79 Å². The van der Waals surface area contributed by atoms with E-state index >= 15 is 0 Å². The monoisotopic (exact) mass is 496 g/mol. The molecule has 1 saturated heterocycles. The molecule has 1 aliphatic heterocycles. The maximum atomic E-state index is 14.8. The van der Waals surface area contributed by atoms with Crippen LogP contribution in [0.25, 0.3) is 22.6 Å². The SMILES string of the molecule is CC(CO)Oc1cc(Oc2ccc(C(=O)N3CCC3)cc2F)cc(-c2nc3cc(Cl)cnc3[nH]2)c1. The molecule has 2 N–H and O–H groups in total. The minimum Gasteiger partial charge on any atom is -0.488 e. The molecule has 1 unspecified atom stereocenters. The molecule has 180 valence electrons. The number of halogens is 2. The number of ether oxygens (including phenoxy) is 2. The van der Waals surface area contributed by atoms with Crippen molar-refractivity contribution in [1.82, 2.24) is 19.9 Å². The number of nitrogens with zero attached hydrogens (tertiary/aromatic N) is 3. The number of aromatic nitrogens is 3. The first kappa shape index (κ1) is 23.1. The largest absolute Gasteiger partial charge is 0.488 e. The number of likely N-dealkylation sites (tertiary alicyclic amines) is 1. The third kappa shape index (κ3) is 4.91. The van der Waals surface area contributed by atoms with Gasteiger partial charge in [0.1, 0.15) is 28.9 Å². The minimum absolute atomic E-state index is 0.0403. The average Bonchev–Trinajstić information content (AvgIpc) is 3.22. The lowest BCUT2D eigenvalue weighted by molar-refractivity contribution is 0.0651. The average molecular weight is 497 g/mol. The molecule has 4 aromatic rings. The van der Waals surface area contributed by atoms with Gasteiger partial charge in [-0.25, -0.2) is 14.4 Å². The van der Waals surface area contributed by atoms with E-state index in [1.54, 1.807) is 42.2 Å². The number of hydrogen-bond acceptors (Lipinski definition) is 6. The molecule has 5 rings (SSSR count). The van der Waals surface area contributed by atoms with Crippen LogP contribution in [0.5, 0.6) is 17.2 Å². The topological polar surface area (TPSA) is 101 Å². The molecule has 10 heteroatoms. The van der Waals surface area contributed by atoms with Gasteiger partial charge in [-0.05, 0) is 49.7 Å². The quantitative estimate of drug-likeness (QED) is 0.380. The summed E-state index contributed by atoms with van der Waals surface area (Å²) in [6, 6.07) is 10.8. The zero-order chi connectivity index (χ0) is 24.5. The zero-order valence-corrected chi connectivity index (χ0v) is 19.6. The molecule has 1 aliphatic rings. The molecule has 2 aromatic carbocycles. The number of aromatic amines is 1. The fraction of sp³-hybridized carbons (Fsp3) is 0.240. The maximum absolute atomic E-state index is 14.8. The molecule has 8 nitrogen and oxygen atoms in total. The van der Waals surface area contributed by atoms with Gasteiger partial charge in [0.2, 0.25) is 0 Å². The molecule has 0 aliphatic carbocycles. The molecule has 35 heavy (non-hydrogen) atoms. The van der Waals surface area contributed by atoms with Crippen molar-refractivity contribution in [1.29, 1.82) is 0 Å². The van der Waals surface area contributed by atoms with E-state index in [0.717, 1.165) is 6.42 Å². The fourth-order valence-electron chi connectivity index (χ4n) is 3.66. The van der Waals surface area contributed by atoms with Crippen LogP contribution in [0.15, 0.2) is 48.7 Å². The third-order valence-electron chi connectivity index (χ3n) is 5.60. The zero-order valence-electron chi connectivity index (χ0n) is 18.8. The van der Waals surface area contributed by atoms with Gasteiger partial charge in [-0.1, -0.05) is 11.6 Å². The fourth-order valence-corrected chi connectivity index (χ4v) is 3.81. The minimum atomic E-state index is -0.657. The van der Waals surface area contributed by atoms with Crippen molar-refractivity contribution >= 4 is 28.7 Å². The third-order valence-corrected chi connectivity index (χ3v) is 5.81. The molecular formula is C25H22ClFN4O4. The second kappa shape index (κ2) is 9.52. The highest BCUT2D eigenvalue weighted by atomic mass is 35.5. The summed E-state index contributed by atoms with van der Waals surface area (Å²) in [5.74, 6) is 0.274. The van der Waals surface area contributed by atoms with E-state index in [2.05, 4.69) is 15.0 Å². The maximum Gasteiger partial charge on any atom is 0.253 e. The second-order valence-corrected chi connectivity index (χ2v) is 8.74. The molecule has 3 heterocycles. The van der Waals surface area contributed by atoms with Crippen LogP contribution in [0.4, 0.5) is 4.39 Å². The van der Waals surface area contributed by atoms with Crippen molar-refractivity contribution in [2.75, 3.05) is 19.7 Å². The Kier molecular flexibility index (Phi) is 6.27. The highest BCUT2D eigenvalue weighted by molar-refractivity contribution is 6.31. The van der Waals surface area contributed by atoms with Crippen LogP contribution in [-0.4, -0.2) is 56.7 Å². The Morgan fingerprint density at radius 2 is 2.03 bits per heavy atom. The van der Waals surface area contributed by atoms with Gasteiger partial charge >= 0.3 is 0 Å². The number of fused-ring (bicyclic) bond motifs is 1. The van der Waals surface area contributed by atoms with Crippen molar-refractivity contribution in [2.24, 2.45) is 0 Å². The summed E-state index contributed by atoms with van der Waals surface area (Å²) in [5.41, 5.74) is 2.01. The molecular weight excluding hydrogens is 475 g/mol. The molecule has 0 spiro atoms. The molecule has 1 amide bonds. The first-order chi connectivity index (χ1) is 16.9. The number of nitrogens with one attached hydrogen (secondary N) is 1. The van der Waals surface area contributed by atoms with Crippen molar-refractivity contribution in [3.05, 3.63) is 65.1 Å². The van der Waals surface area contributed by atoms with Crippen molar-refractivity contribution in [2.45, 2.75) is 19.4 Å². The number of imidazole rings is 1. The van der Waals surface area contributed by atoms with Gasteiger partial charge < -0.3 is 24.5 Å². The molecule has 0 saturated carbocycles. The highest BCUT2D eigenvalue weighted by Crippen LogP contribution is 2.34. The summed E-state index contributed by atoms with van der Waals surface area (Å²) in [6.45, 7) is 2.90. The van der Waals surface area contributed by atoms with Crippen LogP contribution < -0.4 is 9.47 Å². The molecule has 0 radical (unpaired) electrons. The first-order valence-corrected chi connectivity index (χ1v) is 11.5. The predicted molar refractivity (Wildman–Crippen MR) is 129 cm³/mol. The smallest absolute Gasteiger partial charge is 0.253 e. The van der Waals surface area contributed by atoms with E-state index in [1.807, 2.05) is 0 Å². The van der Waals surface area contributed by atoms with Crippen molar-refractivity contribution < 1.29 is 23.8 Å². The Hall–Kier alpha value is -3.69. The predicted octanol–water partition coefficient (Wildman–Crippen LogP) is 4.82. The summed E-state index contributed by atoms with van der Waals surface area (Å²) in [4.78, 5) is 25.9. The lowest BCUT2D eigenvalue weighted by atomic mass is 10.1. The van der Waals surface area contributed by atoms with E-state index in [-0.39, 0.29) is 29.6 Å². The van der Waals surface area contributed by atoms with E-state index in [1.165, 1.54) is 18.3 Å². The van der Waals surface area contributed by atoms with Gasteiger partial charge in [0.05, 0.1) is 11.6 Å². The van der Waals surface area contributed by atoms with Gasteiger partial charge in [0.15, 0.2) is 17.2 Å². The Morgan fingerprint density at radius 1 is 1.23 bits per heavy atom. The summed E-state index contributed by atoms with van der Waals surface area (Å²) in [6.07, 6.45) is 2.00. The van der Waals surface area contributed by atoms with Crippen LogP contribution in [0.2, 0.25) is 5.02 Å². The number of rotatable bonds is 7. The standard InChI is InChI=1S/C25H22ClFN4O4/c1-14(13-32)34-18-7-16(23-29-21-10-17(26)12-28-24(21)30-23)8-19(11-18)35-22-4-3-15(9-20(22)27)25(33)31-5-2-6-31/h3-4,7-12,14,32H,2,5-6,13H2,1H3,(H,28,29,30). The van der Waals surface area contributed by atoms with Crippen LogP contribution in [-0.2, 0) is 0 Å². The number of carbonyl (C=O) groups is 1. The van der Waals surface area contributed by atoms with Crippen LogP contribution in [0, 0.1) is 5.82 Å². The lowest BCUT2D eigenvalue weighted by Crippen LogP contribution is -2.42. The number of aliphatic hydroxyl groups is 1.